The van der Waals surface area contributed by atoms with Gasteiger partial charge in [-0.05, 0) is 60.4 Å². The quantitative estimate of drug-likeness (QED) is 0.162. The highest BCUT2D eigenvalue weighted by Gasteiger charge is 2.39. The summed E-state index contributed by atoms with van der Waals surface area (Å²) in [6, 6.07) is 10.6. The van der Waals surface area contributed by atoms with Gasteiger partial charge in [-0.1, -0.05) is 52.0 Å². The van der Waals surface area contributed by atoms with Crippen LogP contribution in [0.1, 0.15) is 77.1 Å². The van der Waals surface area contributed by atoms with Gasteiger partial charge in [0.1, 0.15) is 23.7 Å². The number of nitrogens with zero attached hydrogens (tertiary/aromatic N) is 4. The molecule has 0 radical (unpaired) electrons. The Morgan fingerprint density at radius 2 is 1.10 bits per heavy atom. The first-order valence-electron chi connectivity index (χ1n) is 17.9. The van der Waals surface area contributed by atoms with E-state index in [1.54, 1.807) is 22.2 Å². The smallest absolute Gasteiger partial charge is 0.407 e. The molecular formula is C38H48N8O6. The van der Waals surface area contributed by atoms with Gasteiger partial charge in [0, 0.05) is 24.2 Å². The van der Waals surface area contributed by atoms with Crippen LogP contribution < -0.4 is 10.6 Å². The van der Waals surface area contributed by atoms with Crippen molar-refractivity contribution < 1.29 is 28.7 Å². The molecule has 0 bridgehead atoms. The van der Waals surface area contributed by atoms with Gasteiger partial charge in [-0.25, -0.2) is 19.6 Å². The molecule has 276 valence electrons. The predicted octanol–water partition coefficient (Wildman–Crippen LogP) is 5.71. The molecule has 2 fully saturated rings. The maximum absolute atomic E-state index is 13.5. The van der Waals surface area contributed by atoms with Crippen LogP contribution in [-0.2, 0) is 19.1 Å². The Morgan fingerprint density at radius 1 is 0.692 bits per heavy atom. The molecule has 4 atom stereocenters. The van der Waals surface area contributed by atoms with Crippen LogP contribution in [0.3, 0.4) is 0 Å². The van der Waals surface area contributed by atoms with Gasteiger partial charge in [0.15, 0.2) is 0 Å². The summed E-state index contributed by atoms with van der Waals surface area (Å²) in [6.07, 6.45) is 5.59. The summed E-state index contributed by atoms with van der Waals surface area (Å²) in [5, 5.41) is 7.49. The minimum absolute atomic E-state index is 0.109. The third-order valence-electron chi connectivity index (χ3n) is 10.1. The second-order valence-electron chi connectivity index (χ2n) is 14.2. The highest BCUT2D eigenvalue weighted by atomic mass is 16.5. The van der Waals surface area contributed by atoms with Crippen LogP contribution in [0.2, 0.25) is 0 Å². The second kappa shape index (κ2) is 15.5. The van der Waals surface area contributed by atoms with Crippen molar-refractivity contribution in [2.24, 2.45) is 11.8 Å². The number of methoxy groups -OCH3 is 2. The van der Waals surface area contributed by atoms with E-state index in [9.17, 15) is 19.2 Å². The number of fused-ring (bicyclic) bond motifs is 1. The van der Waals surface area contributed by atoms with Crippen molar-refractivity contribution in [3.8, 4) is 22.5 Å². The van der Waals surface area contributed by atoms with Crippen molar-refractivity contribution >= 4 is 34.8 Å². The molecule has 0 saturated carbocycles. The fourth-order valence-electron chi connectivity index (χ4n) is 7.27. The number of aromatic amines is 2. The number of carbonyl (C=O) groups is 4. The monoisotopic (exact) mass is 712 g/mol. The maximum atomic E-state index is 13.5. The summed E-state index contributed by atoms with van der Waals surface area (Å²) in [5.74, 6) is 0.926. The number of alkyl carbamates (subject to hydrolysis) is 2. The van der Waals surface area contributed by atoms with E-state index in [1.165, 1.54) is 14.2 Å². The summed E-state index contributed by atoms with van der Waals surface area (Å²) in [6.45, 7) is 8.77. The number of carbonyl (C=O) groups excluding carboxylic acids is 4. The molecule has 2 saturated heterocycles. The minimum Gasteiger partial charge on any atom is -0.453 e. The summed E-state index contributed by atoms with van der Waals surface area (Å²) in [4.78, 5) is 70.9. The summed E-state index contributed by atoms with van der Waals surface area (Å²) < 4.78 is 9.51. The van der Waals surface area contributed by atoms with E-state index in [0.29, 0.717) is 24.7 Å². The van der Waals surface area contributed by atoms with Gasteiger partial charge in [0.05, 0.1) is 50.1 Å². The highest BCUT2D eigenvalue weighted by molar-refractivity contribution is 5.90. The zero-order valence-corrected chi connectivity index (χ0v) is 30.6. The SMILES string of the molecule is COC(=O)N[C@@H](C(=O)N1CCC[C@@H]1c1ncc(-c2ccc3cc(-c4cnc([C@H]5CCCN5C(=O)[C@H](NC(=O)OC)C(C)C)[nH]4)ccc3c2)[nH]1)C(C)C. The molecule has 0 aliphatic carbocycles. The van der Waals surface area contributed by atoms with Gasteiger partial charge in [0.25, 0.3) is 0 Å². The molecule has 0 spiro atoms. The van der Waals surface area contributed by atoms with Crippen LogP contribution in [0.4, 0.5) is 9.59 Å². The molecular weight excluding hydrogens is 664 g/mol. The summed E-state index contributed by atoms with van der Waals surface area (Å²) in [5.41, 5.74) is 3.64. The van der Waals surface area contributed by atoms with Crippen molar-refractivity contribution in [2.45, 2.75) is 77.5 Å². The molecule has 2 aromatic heterocycles. The van der Waals surface area contributed by atoms with Crippen molar-refractivity contribution in [3.63, 3.8) is 0 Å². The Bertz CT molecular complexity index is 1800. The molecule has 52 heavy (non-hydrogen) atoms. The van der Waals surface area contributed by atoms with Crippen LogP contribution in [0.5, 0.6) is 0 Å². The zero-order valence-electron chi connectivity index (χ0n) is 30.6. The van der Waals surface area contributed by atoms with E-state index < -0.39 is 24.3 Å². The number of hydrogen-bond donors (Lipinski definition) is 4. The number of ether oxygens (including phenoxy) is 2. The lowest BCUT2D eigenvalue weighted by Crippen LogP contribution is -2.51. The van der Waals surface area contributed by atoms with Gasteiger partial charge in [-0.2, -0.15) is 0 Å². The lowest BCUT2D eigenvalue weighted by molar-refractivity contribution is -0.136. The Labute approximate surface area is 303 Å². The van der Waals surface area contributed by atoms with Gasteiger partial charge >= 0.3 is 12.2 Å². The van der Waals surface area contributed by atoms with Gasteiger partial charge in [0.2, 0.25) is 11.8 Å². The lowest BCUT2D eigenvalue weighted by atomic mass is 10.0. The zero-order chi connectivity index (χ0) is 37.1. The predicted molar refractivity (Wildman–Crippen MR) is 195 cm³/mol. The Hall–Kier alpha value is -5.40. The number of aromatic nitrogens is 4. The molecule has 4 aromatic rings. The summed E-state index contributed by atoms with van der Waals surface area (Å²) in [7, 11) is 2.57. The molecule has 4 N–H and O–H groups in total. The number of benzene rings is 2. The first-order valence-corrected chi connectivity index (χ1v) is 17.9. The molecule has 2 aliphatic heterocycles. The minimum atomic E-state index is -0.692. The Kier molecular flexibility index (Phi) is 10.8. The molecule has 2 aromatic carbocycles. The molecule has 4 heterocycles. The largest absolute Gasteiger partial charge is 0.453 e. The molecule has 4 amide bonds. The van der Waals surface area contributed by atoms with Gasteiger partial charge in [-0.3, -0.25) is 9.59 Å². The standard InChI is InChI=1S/C38H48N8O6/c1-21(2)31(43-37(49)51-5)35(47)45-15-7-9-29(45)33-39-19-27(41-33)25-13-11-24-18-26(14-12-23(24)17-25)28-20-40-34(42-28)30-10-8-16-46(30)36(48)32(22(3)4)44-38(50)52-6/h11-14,17-22,29-32H,7-10,15-16H2,1-6H3,(H,39,41)(H,40,42)(H,43,49)(H,44,50)/t29-,30-,31-,32-/m1/s1. The molecule has 6 rings (SSSR count). The number of H-pyrrole nitrogens is 2. The number of imidazole rings is 2. The van der Waals surface area contributed by atoms with Crippen molar-refractivity contribution in [3.05, 3.63) is 60.4 Å². The van der Waals surface area contributed by atoms with Crippen molar-refractivity contribution in [1.82, 2.24) is 40.4 Å². The third-order valence-corrected chi connectivity index (χ3v) is 10.1. The molecule has 2 aliphatic rings. The number of nitrogens with one attached hydrogen (secondary N) is 4. The number of rotatable bonds is 10. The number of hydrogen-bond acceptors (Lipinski definition) is 8. The van der Waals surface area contributed by atoms with E-state index >= 15 is 0 Å². The maximum Gasteiger partial charge on any atom is 0.407 e. The fraction of sp³-hybridized carbons (Fsp3) is 0.474. The summed E-state index contributed by atoms with van der Waals surface area (Å²) >= 11 is 0. The van der Waals surface area contributed by atoms with Gasteiger partial charge in [-0.15, -0.1) is 0 Å². The number of amides is 4. The van der Waals surface area contributed by atoms with Crippen LogP contribution in [0.15, 0.2) is 48.8 Å². The van der Waals surface area contributed by atoms with E-state index in [-0.39, 0.29) is 35.7 Å². The van der Waals surface area contributed by atoms with Gasteiger partial charge < -0.3 is 39.9 Å². The van der Waals surface area contributed by atoms with E-state index in [1.807, 2.05) is 39.8 Å². The third kappa shape index (κ3) is 7.46. The molecule has 14 heteroatoms. The Morgan fingerprint density at radius 3 is 1.46 bits per heavy atom. The van der Waals surface area contributed by atoms with Crippen LogP contribution in [0, 0.1) is 11.8 Å². The number of likely N-dealkylation sites (tertiary alicyclic amines) is 2. The highest BCUT2D eigenvalue weighted by Crippen LogP contribution is 2.35. The lowest BCUT2D eigenvalue weighted by Gasteiger charge is -2.30. The van der Waals surface area contributed by atoms with E-state index in [2.05, 4.69) is 54.8 Å². The topological polar surface area (TPSA) is 175 Å². The van der Waals surface area contributed by atoms with Crippen LogP contribution in [-0.4, -0.2) is 93.1 Å². The normalized spacial score (nSPS) is 18.5. The van der Waals surface area contributed by atoms with Crippen molar-refractivity contribution in [2.75, 3.05) is 27.3 Å². The van der Waals surface area contributed by atoms with E-state index in [0.717, 1.165) is 59.0 Å². The first kappa shape index (κ1) is 36.4. The fourth-order valence-corrected chi connectivity index (χ4v) is 7.27. The van der Waals surface area contributed by atoms with E-state index in [4.69, 9.17) is 9.47 Å². The van der Waals surface area contributed by atoms with Crippen molar-refractivity contribution in [1.29, 1.82) is 0 Å². The van der Waals surface area contributed by atoms with Crippen LogP contribution >= 0.6 is 0 Å². The first-order chi connectivity index (χ1) is 25.0. The average Bonchev–Trinajstić information content (AvgIpc) is 3.97. The average molecular weight is 713 g/mol. The van der Waals surface area contributed by atoms with Crippen LogP contribution in [0.25, 0.3) is 33.3 Å². The molecule has 0 unspecified atom stereocenters. The second-order valence-corrected chi connectivity index (χ2v) is 14.2. The Balaban J connectivity index is 1.16. The molecule has 14 nitrogen and oxygen atoms in total.